The molecule has 1 aromatic rings. The summed E-state index contributed by atoms with van der Waals surface area (Å²) in [5, 5.41) is 7.54. The van der Waals surface area contributed by atoms with Gasteiger partial charge in [0.2, 0.25) is 5.78 Å². The highest BCUT2D eigenvalue weighted by atomic mass is 19.1. The van der Waals surface area contributed by atoms with E-state index >= 15 is 0 Å². The summed E-state index contributed by atoms with van der Waals surface area (Å²) in [5.41, 5.74) is -0.406. The van der Waals surface area contributed by atoms with E-state index in [-0.39, 0.29) is 12.2 Å². The van der Waals surface area contributed by atoms with Crippen LogP contribution >= 0.6 is 0 Å². The molecule has 1 N–H and O–H groups in total. The van der Waals surface area contributed by atoms with Crippen molar-refractivity contribution in [3.8, 4) is 0 Å². The van der Waals surface area contributed by atoms with Crippen molar-refractivity contribution in [2.45, 2.75) is 13.5 Å². The quantitative estimate of drug-likeness (QED) is 0.371. The monoisotopic (exact) mass is 322 g/mol. The highest BCUT2D eigenvalue weighted by Gasteiger charge is 2.24. The number of Topliss-reactive ketones (excluding diaryl/α,β-unsaturated/α-hetero) is 1. The maximum atomic E-state index is 13.9. The third-order valence-corrected chi connectivity index (χ3v) is 3.49. The van der Waals surface area contributed by atoms with E-state index in [0.29, 0.717) is 19.8 Å². The Kier molecular flexibility index (Phi) is 5.95. The topological polar surface area (TPSA) is 79.7 Å². The number of hydrogen-bond donors (Lipinski definition) is 1. The molecule has 1 saturated heterocycles. The Morgan fingerprint density at radius 1 is 1.35 bits per heavy atom. The average Bonchev–Trinajstić information content (AvgIpc) is 2.56. The summed E-state index contributed by atoms with van der Waals surface area (Å²) in [6, 6.07) is 4.16. The lowest BCUT2D eigenvalue weighted by atomic mass is 10.0. The Morgan fingerprint density at radius 2 is 2.04 bits per heavy atom. The first-order valence-electron chi connectivity index (χ1n) is 7.41. The molecule has 0 amide bonds. The predicted octanol–water partition coefficient (Wildman–Crippen LogP) is 1.42. The molecule has 0 radical (unpaired) electrons. The molecule has 0 unspecified atom stereocenters. The number of ether oxygens (including phenoxy) is 2. The van der Waals surface area contributed by atoms with Gasteiger partial charge in [0, 0.05) is 19.6 Å². The van der Waals surface area contributed by atoms with E-state index in [1.807, 2.05) is 0 Å². The second-order valence-electron chi connectivity index (χ2n) is 5.13. The lowest BCUT2D eigenvalue weighted by Gasteiger charge is -2.26. The van der Waals surface area contributed by atoms with Crippen molar-refractivity contribution in [3.05, 3.63) is 35.1 Å². The number of hydrogen-bond acceptors (Lipinski definition) is 6. The molecule has 7 heteroatoms. The number of rotatable bonds is 6. The first-order chi connectivity index (χ1) is 11.0. The van der Waals surface area contributed by atoms with Crippen LogP contribution in [-0.4, -0.2) is 55.3 Å². The van der Waals surface area contributed by atoms with Gasteiger partial charge in [-0.15, -0.1) is 0 Å². The van der Waals surface area contributed by atoms with Crippen molar-refractivity contribution >= 4 is 17.5 Å². The molecule has 0 aliphatic carbocycles. The summed E-state index contributed by atoms with van der Waals surface area (Å²) in [4.78, 5) is 25.7. The molecular formula is C16H19FN2O4. The molecule has 0 bridgehead atoms. The fourth-order valence-electron chi connectivity index (χ4n) is 2.29. The number of benzene rings is 1. The van der Waals surface area contributed by atoms with Crippen LogP contribution < -0.4 is 0 Å². The van der Waals surface area contributed by atoms with Crippen molar-refractivity contribution < 1.29 is 23.5 Å². The minimum Gasteiger partial charge on any atom is -0.461 e. The fraction of sp³-hybridized carbons (Fsp3) is 0.438. The summed E-state index contributed by atoms with van der Waals surface area (Å²) in [7, 11) is 0. The standard InChI is InChI=1S/C16H19FN2O4/c1-2-23-16(21)14(18)15(20)12-9-11(3-4-13(12)17)10-19-5-7-22-8-6-19/h3-4,9,18H,2,5-8,10H2,1H3. The Labute approximate surface area is 133 Å². The summed E-state index contributed by atoms with van der Waals surface area (Å²) in [6.07, 6.45) is 0. The maximum absolute atomic E-state index is 13.9. The molecule has 2 rings (SSSR count). The van der Waals surface area contributed by atoms with E-state index in [9.17, 15) is 14.0 Å². The number of nitrogens with zero attached hydrogens (tertiary/aromatic N) is 1. The van der Waals surface area contributed by atoms with Crippen LogP contribution in [0, 0.1) is 11.2 Å². The molecule has 23 heavy (non-hydrogen) atoms. The van der Waals surface area contributed by atoms with Gasteiger partial charge in [0.15, 0.2) is 5.71 Å². The number of esters is 1. The van der Waals surface area contributed by atoms with Crippen molar-refractivity contribution in [2.75, 3.05) is 32.9 Å². The highest BCUT2D eigenvalue weighted by molar-refractivity contribution is 6.66. The van der Waals surface area contributed by atoms with Crippen molar-refractivity contribution in [2.24, 2.45) is 0 Å². The predicted molar refractivity (Wildman–Crippen MR) is 81.2 cm³/mol. The smallest absolute Gasteiger partial charge is 0.360 e. The number of ketones is 1. The number of carbonyl (C=O) groups excluding carboxylic acids is 2. The second-order valence-corrected chi connectivity index (χ2v) is 5.13. The second kappa shape index (κ2) is 7.94. The Balaban J connectivity index is 2.14. The molecule has 1 aromatic carbocycles. The van der Waals surface area contributed by atoms with E-state index < -0.39 is 23.3 Å². The Hall–Kier alpha value is -2.12. The molecule has 1 fully saturated rings. The molecule has 0 saturated carbocycles. The zero-order valence-electron chi connectivity index (χ0n) is 12.9. The Bertz CT molecular complexity index is 612. The largest absolute Gasteiger partial charge is 0.461 e. The van der Waals surface area contributed by atoms with Crippen molar-refractivity contribution in [1.29, 1.82) is 5.41 Å². The summed E-state index contributed by atoms with van der Waals surface area (Å²) < 4.78 is 23.8. The van der Waals surface area contributed by atoms with Crippen LogP contribution in [0.2, 0.25) is 0 Å². The van der Waals surface area contributed by atoms with Crippen LogP contribution in [0.1, 0.15) is 22.8 Å². The number of nitrogens with one attached hydrogen (secondary N) is 1. The van der Waals surface area contributed by atoms with Gasteiger partial charge in [-0.3, -0.25) is 15.1 Å². The molecule has 6 nitrogen and oxygen atoms in total. The van der Waals surface area contributed by atoms with Gasteiger partial charge < -0.3 is 9.47 Å². The first-order valence-corrected chi connectivity index (χ1v) is 7.41. The SMILES string of the molecule is CCOC(=O)C(=N)C(=O)c1cc(CN2CCOCC2)ccc1F. The van der Waals surface area contributed by atoms with E-state index in [1.165, 1.54) is 12.1 Å². The number of halogens is 1. The van der Waals surface area contributed by atoms with Crippen molar-refractivity contribution in [3.63, 3.8) is 0 Å². The van der Waals surface area contributed by atoms with E-state index in [2.05, 4.69) is 9.64 Å². The van der Waals surface area contributed by atoms with Gasteiger partial charge >= 0.3 is 5.97 Å². The summed E-state index contributed by atoms with van der Waals surface area (Å²) in [6.45, 7) is 4.98. The summed E-state index contributed by atoms with van der Waals surface area (Å²) in [5.74, 6) is -2.77. The van der Waals surface area contributed by atoms with Crippen LogP contribution in [0.3, 0.4) is 0 Å². The lowest BCUT2D eigenvalue weighted by Crippen LogP contribution is -2.35. The first kappa shape index (κ1) is 17.2. The Morgan fingerprint density at radius 3 is 2.70 bits per heavy atom. The molecule has 0 aromatic heterocycles. The van der Waals surface area contributed by atoms with Crippen LogP contribution in [-0.2, 0) is 20.8 Å². The molecule has 124 valence electrons. The van der Waals surface area contributed by atoms with Crippen LogP contribution in [0.4, 0.5) is 4.39 Å². The van der Waals surface area contributed by atoms with E-state index in [0.717, 1.165) is 18.7 Å². The molecule has 1 heterocycles. The molecule has 0 atom stereocenters. The summed E-state index contributed by atoms with van der Waals surface area (Å²) >= 11 is 0. The fourth-order valence-corrected chi connectivity index (χ4v) is 2.29. The van der Waals surface area contributed by atoms with Crippen molar-refractivity contribution in [1.82, 2.24) is 4.90 Å². The molecule has 1 aliphatic heterocycles. The normalized spacial score (nSPS) is 15.2. The average molecular weight is 322 g/mol. The van der Waals surface area contributed by atoms with Gasteiger partial charge in [-0.25, -0.2) is 9.18 Å². The maximum Gasteiger partial charge on any atom is 0.360 e. The van der Waals surface area contributed by atoms with Crippen LogP contribution in [0.15, 0.2) is 18.2 Å². The number of morpholine rings is 1. The lowest BCUT2D eigenvalue weighted by molar-refractivity contribution is -0.134. The van der Waals surface area contributed by atoms with Gasteiger partial charge in [0.05, 0.1) is 25.4 Å². The third-order valence-electron chi connectivity index (χ3n) is 3.49. The number of carbonyl (C=O) groups is 2. The third kappa shape index (κ3) is 4.43. The zero-order chi connectivity index (χ0) is 16.8. The van der Waals surface area contributed by atoms with E-state index in [1.54, 1.807) is 13.0 Å². The van der Waals surface area contributed by atoms with Crippen LogP contribution in [0.5, 0.6) is 0 Å². The van der Waals surface area contributed by atoms with Gasteiger partial charge in [-0.05, 0) is 24.6 Å². The molecule has 1 aliphatic rings. The highest BCUT2D eigenvalue weighted by Crippen LogP contribution is 2.15. The van der Waals surface area contributed by atoms with Crippen LogP contribution in [0.25, 0.3) is 0 Å². The molecule has 0 spiro atoms. The van der Waals surface area contributed by atoms with Gasteiger partial charge in [-0.1, -0.05) is 6.07 Å². The zero-order valence-corrected chi connectivity index (χ0v) is 12.9. The minimum absolute atomic E-state index is 0.0496. The van der Waals surface area contributed by atoms with Gasteiger partial charge in [-0.2, -0.15) is 0 Å². The van der Waals surface area contributed by atoms with Gasteiger partial charge in [0.1, 0.15) is 5.82 Å². The molecular weight excluding hydrogens is 303 g/mol. The van der Waals surface area contributed by atoms with E-state index in [4.69, 9.17) is 10.1 Å². The minimum atomic E-state index is -1.05. The van der Waals surface area contributed by atoms with Gasteiger partial charge in [0.25, 0.3) is 0 Å².